The van der Waals surface area contributed by atoms with Crippen molar-refractivity contribution in [1.82, 2.24) is 0 Å². The van der Waals surface area contributed by atoms with Crippen LogP contribution in [0.5, 0.6) is 0 Å². The van der Waals surface area contributed by atoms with Gasteiger partial charge >= 0.3 is 0 Å². The predicted molar refractivity (Wildman–Crippen MR) is 34.3 cm³/mol. The minimum absolute atomic E-state index is 0.0293. The molecule has 0 aliphatic rings. The molecule has 0 aliphatic heterocycles. The maximum Gasteiger partial charge on any atom is 0.106 e. The molecule has 0 bridgehead atoms. The van der Waals surface area contributed by atoms with Gasteiger partial charge in [0, 0.05) is 0 Å². The summed E-state index contributed by atoms with van der Waals surface area (Å²) in [5, 5.41) is 18.1. The highest BCUT2D eigenvalue weighted by molar-refractivity contribution is 4.30. The molecule has 1 radical (unpaired) electrons. The first kappa shape index (κ1) is 9.84. The van der Waals surface area contributed by atoms with Gasteiger partial charge in [-0.25, -0.2) is 5.11 Å². The quantitative estimate of drug-likeness (QED) is 0.494. The average molecular weight is 149 g/mol. The van der Waals surface area contributed by atoms with Gasteiger partial charge in [-0.3, -0.25) is 0 Å². The van der Waals surface area contributed by atoms with Crippen LogP contribution in [0.3, 0.4) is 0 Å². The molecule has 4 heteroatoms. The van der Waals surface area contributed by atoms with E-state index in [1.807, 2.05) is 0 Å². The number of ether oxygens (including phenoxy) is 2. The molecular formula is C6H13O4. The molecule has 1 N–H and O–H groups in total. The lowest BCUT2D eigenvalue weighted by Gasteiger charge is -2.01. The van der Waals surface area contributed by atoms with Crippen molar-refractivity contribution < 1.29 is 19.7 Å². The summed E-state index contributed by atoms with van der Waals surface area (Å²) in [6, 6.07) is 0. The molecule has 61 valence electrons. The number of aliphatic hydroxyl groups excluding tert-OH is 1. The Balaban J connectivity index is 2.65. The van der Waals surface area contributed by atoms with Crippen LogP contribution >= 0.6 is 0 Å². The highest BCUT2D eigenvalue weighted by Crippen LogP contribution is 1.76. The van der Waals surface area contributed by atoms with Crippen LogP contribution in [0, 0.1) is 0 Å². The van der Waals surface area contributed by atoms with Crippen molar-refractivity contribution in [2.45, 2.75) is 0 Å². The summed E-state index contributed by atoms with van der Waals surface area (Å²) in [6.07, 6.45) is 0. The van der Waals surface area contributed by atoms with Crippen LogP contribution in [0.4, 0.5) is 0 Å². The van der Waals surface area contributed by atoms with Gasteiger partial charge in [0.15, 0.2) is 0 Å². The van der Waals surface area contributed by atoms with Gasteiger partial charge in [0.05, 0.1) is 33.0 Å². The SMILES string of the molecule is [O]CCOCCOCCO. The fourth-order valence-corrected chi connectivity index (χ4v) is 0.445. The topological polar surface area (TPSA) is 58.6 Å². The predicted octanol–water partition coefficient (Wildman–Crippen LogP) is -0.558. The van der Waals surface area contributed by atoms with E-state index >= 15 is 0 Å². The molecule has 0 aliphatic carbocycles. The number of hydrogen-bond donors (Lipinski definition) is 1. The molecule has 0 aromatic heterocycles. The van der Waals surface area contributed by atoms with Crippen LogP contribution in [0.1, 0.15) is 0 Å². The molecule has 0 spiro atoms. The van der Waals surface area contributed by atoms with E-state index in [1.54, 1.807) is 0 Å². The van der Waals surface area contributed by atoms with Crippen molar-refractivity contribution in [3.63, 3.8) is 0 Å². The number of hydrogen-bond acceptors (Lipinski definition) is 3. The third-order valence-corrected chi connectivity index (χ3v) is 0.835. The average Bonchev–Trinajstić information content (AvgIpc) is 1.97. The minimum atomic E-state index is -0.208. The first-order valence-electron chi connectivity index (χ1n) is 3.26. The fraction of sp³-hybridized carbons (Fsp3) is 1.00. The van der Waals surface area contributed by atoms with Crippen molar-refractivity contribution in [3.8, 4) is 0 Å². The third kappa shape index (κ3) is 7.84. The molecule has 10 heavy (non-hydrogen) atoms. The van der Waals surface area contributed by atoms with Crippen molar-refractivity contribution in [3.05, 3.63) is 0 Å². The molecule has 0 amide bonds. The van der Waals surface area contributed by atoms with E-state index in [2.05, 4.69) is 0 Å². The molecule has 0 fully saturated rings. The van der Waals surface area contributed by atoms with Gasteiger partial charge in [0.25, 0.3) is 0 Å². The molecule has 0 heterocycles. The monoisotopic (exact) mass is 149 g/mol. The fourth-order valence-electron chi connectivity index (χ4n) is 0.445. The smallest absolute Gasteiger partial charge is 0.106 e. The van der Waals surface area contributed by atoms with Gasteiger partial charge in [-0.15, -0.1) is 0 Å². The summed E-state index contributed by atoms with van der Waals surface area (Å²) in [4.78, 5) is 0. The number of rotatable bonds is 7. The first-order valence-corrected chi connectivity index (χ1v) is 3.26. The zero-order chi connectivity index (χ0) is 7.66. The summed E-state index contributed by atoms with van der Waals surface area (Å²) in [5.41, 5.74) is 0. The Morgan fingerprint density at radius 2 is 1.60 bits per heavy atom. The van der Waals surface area contributed by atoms with Crippen LogP contribution in [0.15, 0.2) is 0 Å². The van der Waals surface area contributed by atoms with E-state index in [9.17, 15) is 5.11 Å². The van der Waals surface area contributed by atoms with Gasteiger partial charge in [0.1, 0.15) is 6.61 Å². The Morgan fingerprint density at radius 1 is 1.00 bits per heavy atom. The van der Waals surface area contributed by atoms with Gasteiger partial charge in [-0.05, 0) is 0 Å². The van der Waals surface area contributed by atoms with Crippen LogP contribution in [-0.4, -0.2) is 44.7 Å². The largest absolute Gasteiger partial charge is 0.394 e. The molecule has 0 saturated heterocycles. The van der Waals surface area contributed by atoms with E-state index in [1.165, 1.54) is 0 Å². The van der Waals surface area contributed by atoms with Crippen molar-refractivity contribution >= 4 is 0 Å². The maximum atomic E-state index is 9.81. The van der Waals surface area contributed by atoms with Crippen LogP contribution < -0.4 is 0 Å². The summed E-state index contributed by atoms with van der Waals surface area (Å²) >= 11 is 0. The zero-order valence-corrected chi connectivity index (χ0v) is 5.91. The maximum absolute atomic E-state index is 9.81. The second-order valence-electron chi connectivity index (χ2n) is 1.65. The molecule has 0 rings (SSSR count). The van der Waals surface area contributed by atoms with E-state index in [4.69, 9.17) is 14.6 Å². The molecule has 0 aromatic rings. The highest BCUT2D eigenvalue weighted by Gasteiger charge is 1.87. The minimum Gasteiger partial charge on any atom is -0.394 e. The Kier molecular flexibility index (Phi) is 8.70. The van der Waals surface area contributed by atoms with Crippen LogP contribution in [-0.2, 0) is 14.6 Å². The Morgan fingerprint density at radius 3 is 2.10 bits per heavy atom. The van der Waals surface area contributed by atoms with E-state index in [-0.39, 0.29) is 19.8 Å². The molecule has 0 atom stereocenters. The summed E-state index contributed by atoms with van der Waals surface area (Å²) in [6.45, 7) is 1.27. The lowest BCUT2D eigenvalue weighted by Crippen LogP contribution is -2.08. The van der Waals surface area contributed by atoms with E-state index in [0.29, 0.717) is 19.8 Å². The summed E-state index contributed by atoms with van der Waals surface area (Å²) < 4.78 is 9.66. The van der Waals surface area contributed by atoms with Crippen LogP contribution in [0.2, 0.25) is 0 Å². The second-order valence-corrected chi connectivity index (χ2v) is 1.65. The molecule has 4 nitrogen and oxygen atoms in total. The Labute approximate surface area is 60.4 Å². The van der Waals surface area contributed by atoms with Crippen molar-refractivity contribution in [1.29, 1.82) is 0 Å². The lowest BCUT2D eigenvalue weighted by atomic mass is 10.7. The summed E-state index contributed by atoms with van der Waals surface area (Å²) in [7, 11) is 0. The molecule has 0 aromatic carbocycles. The van der Waals surface area contributed by atoms with E-state index < -0.39 is 0 Å². The molecule has 0 saturated carbocycles. The summed E-state index contributed by atoms with van der Waals surface area (Å²) in [5.74, 6) is 0. The van der Waals surface area contributed by atoms with E-state index in [0.717, 1.165) is 0 Å². The van der Waals surface area contributed by atoms with Gasteiger partial charge in [-0.2, -0.15) is 0 Å². The van der Waals surface area contributed by atoms with Crippen molar-refractivity contribution in [2.24, 2.45) is 0 Å². The first-order chi connectivity index (χ1) is 4.91. The van der Waals surface area contributed by atoms with Crippen LogP contribution in [0.25, 0.3) is 0 Å². The second kappa shape index (κ2) is 8.84. The lowest BCUT2D eigenvalue weighted by molar-refractivity contribution is 0.0128. The van der Waals surface area contributed by atoms with Gasteiger partial charge in [0.2, 0.25) is 0 Å². The Bertz CT molecular complexity index is 49.7. The highest BCUT2D eigenvalue weighted by atomic mass is 16.5. The van der Waals surface area contributed by atoms with Gasteiger partial charge < -0.3 is 14.6 Å². The van der Waals surface area contributed by atoms with Crippen molar-refractivity contribution in [2.75, 3.05) is 39.6 Å². The number of aliphatic hydroxyl groups is 1. The standard InChI is InChI=1S/C6H13O4/c7-1-3-9-5-6-10-4-2-8/h7H,1-6H2. The molecule has 0 unspecified atom stereocenters. The third-order valence-electron chi connectivity index (χ3n) is 0.835. The molecular weight excluding hydrogens is 136 g/mol. The zero-order valence-electron chi connectivity index (χ0n) is 5.91. The normalized spacial score (nSPS) is 10.2. The Hall–Kier alpha value is -0.160. The van der Waals surface area contributed by atoms with Gasteiger partial charge in [-0.1, -0.05) is 0 Å².